The van der Waals surface area contributed by atoms with Crippen LogP contribution in [0, 0.1) is 0 Å². The van der Waals surface area contributed by atoms with Crippen molar-refractivity contribution in [1.29, 1.82) is 0 Å². The van der Waals surface area contributed by atoms with E-state index in [0.29, 0.717) is 38.6 Å². The SMILES string of the molecule is COc1cc(OC)c(OC)cc1/C=N/NC(=O)C(C)Oc1ccc(Cl)cc1Cl. The zero-order chi connectivity index (χ0) is 20.7. The molecular weight excluding hydrogens is 407 g/mol. The first-order valence-electron chi connectivity index (χ1n) is 8.14. The molecule has 9 heteroatoms. The Labute approximate surface area is 173 Å². The number of carbonyl (C=O) groups excluding carboxylic acids is 1. The summed E-state index contributed by atoms with van der Waals surface area (Å²) in [4.78, 5) is 12.2. The highest BCUT2D eigenvalue weighted by molar-refractivity contribution is 6.35. The van der Waals surface area contributed by atoms with Gasteiger partial charge in [-0.05, 0) is 31.2 Å². The quantitative estimate of drug-likeness (QED) is 0.510. The summed E-state index contributed by atoms with van der Waals surface area (Å²) in [5.41, 5.74) is 3.00. The summed E-state index contributed by atoms with van der Waals surface area (Å²) in [5, 5.41) is 4.73. The topological polar surface area (TPSA) is 78.4 Å². The maximum atomic E-state index is 12.2. The molecule has 1 atom stereocenters. The maximum absolute atomic E-state index is 12.2. The monoisotopic (exact) mass is 426 g/mol. The van der Waals surface area contributed by atoms with Gasteiger partial charge >= 0.3 is 0 Å². The van der Waals surface area contributed by atoms with Crippen molar-refractivity contribution in [3.05, 3.63) is 45.9 Å². The summed E-state index contributed by atoms with van der Waals surface area (Å²) < 4.78 is 21.3. The van der Waals surface area contributed by atoms with Crippen molar-refractivity contribution in [3.63, 3.8) is 0 Å². The summed E-state index contributed by atoms with van der Waals surface area (Å²) in [6.07, 6.45) is 0.601. The van der Waals surface area contributed by atoms with Crippen LogP contribution < -0.4 is 24.4 Å². The fourth-order valence-electron chi connectivity index (χ4n) is 2.22. The predicted octanol–water partition coefficient (Wildman–Crippen LogP) is 3.94. The lowest BCUT2D eigenvalue weighted by Gasteiger charge is -2.14. The van der Waals surface area contributed by atoms with Crippen molar-refractivity contribution in [2.75, 3.05) is 21.3 Å². The zero-order valence-corrected chi connectivity index (χ0v) is 17.3. The molecule has 2 rings (SSSR count). The van der Waals surface area contributed by atoms with Crippen LogP contribution in [0.15, 0.2) is 35.4 Å². The van der Waals surface area contributed by atoms with E-state index in [4.69, 9.17) is 42.1 Å². The van der Waals surface area contributed by atoms with E-state index >= 15 is 0 Å². The average Bonchev–Trinajstić information content (AvgIpc) is 2.69. The van der Waals surface area contributed by atoms with Gasteiger partial charge in [-0.25, -0.2) is 5.43 Å². The minimum atomic E-state index is -0.830. The van der Waals surface area contributed by atoms with E-state index < -0.39 is 12.0 Å². The molecule has 0 saturated heterocycles. The number of benzene rings is 2. The molecule has 0 spiro atoms. The first-order valence-corrected chi connectivity index (χ1v) is 8.89. The van der Waals surface area contributed by atoms with Crippen LogP contribution in [0.2, 0.25) is 10.0 Å². The fourth-order valence-corrected chi connectivity index (χ4v) is 2.68. The Morgan fingerprint density at radius 3 is 2.25 bits per heavy atom. The summed E-state index contributed by atoms with van der Waals surface area (Å²) >= 11 is 11.9. The Morgan fingerprint density at radius 2 is 1.64 bits per heavy atom. The minimum absolute atomic E-state index is 0.311. The maximum Gasteiger partial charge on any atom is 0.280 e. The van der Waals surface area contributed by atoms with Gasteiger partial charge in [0, 0.05) is 16.7 Å². The largest absolute Gasteiger partial charge is 0.496 e. The predicted molar refractivity (Wildman–Crippen MR) is 108 cm³/mol. The highest BCUT2D eigenvalue weighted by Gasteiger charge is 2.16. The molecule has 0 aliphatic rings. The molecular formula is C19H20Cl2N2O5. The van der Waals surface area contributed by atoms with Crippen molar-refractivity contribution >= 4 is 35.3 Å². The number of hydrazone groups is 1. The van der Waals surface area contributed by atoms with E-state index in [1.54, 1.807) is 31.2 Å². The van der Waals surface area contributed by atoms with Crippen molar-refractivity contribution < 1.29 is 23.7 Å². The van der Waals surface area contributed by atoms with Gasteiger partial charge < -0.3 is 18.9 Å². The number of halogens is 2. The molecule has 150 valence electrons. The molecule has 28 heavy (non-hydrogen) atoms. The highest BCUT2D eigenvalue weighted by Crippen LogP contribution is 2.33. The number of hydrogen-bond donors (Lipinski definition) is 1. The van der Waals surface area contributed by atoms with E-state index in [-0.39, 0.29) is 0 Å². The Hall–Kier alpha value is -2.64. The lowest BCUT2D eigenvalue weighted by atomic mass is 10.2. The van der Waals surface area contributed by atoms with Crippen LogP contribution in [0.4, 0.5) is 0 Å². The molecule has 0 heterocycles. The van der Waals surface area contributed by atoms with Gasteiger partial charge in [0.2, 0.25) is 0 Å². The molecule has 2 aromatic carbocycles. The molecule has 0 saturated carbocycles. The summed E-state index contributed by atoms with van der Waals surface area (Å²) in [7, 11) is 4.57. The smallest absolute Gasteiger partial charge is 0.280 e. The van der Waals surface area contributed by atoms with E-state index in [2.05, 4.69) is 10.5 Å². The van der Waals surface area contributed by atoms with E-state index in [0.717, 1.165) is 0 Å². The molecule has 0 radical (unpaired) electrons. The van der Waals surface area contributed by atoms with Gasteiger partial charge in [-0.2, -0.15) is 5.10 Å². The van der Waals surface area contributed by atoms with Gasteiger partial charge in [0.05, 0.1) is 32.6 Å². The van der Waals surface area contributed by atoms with Gasteiger partial charge in [-0.1, -0.05) is 23.2 Å². The lowest BCUT2D eigenvalue weighted by Crippen LogP contribution is -2.33. The molecule has 0 bridgehead atoms. The van der Waals surface area contributed by atoms with Crippen molar-refractivity contribution in [1.82, 2.24) is 5.43 Å². The lowest BCUT2D eigenvalue weighted by molar-refractivity contribution is -0.127. The molecule has 1 unspecified atom stereocenters. The average molecular weight is 427 g/mol. The third-order valence-electron chi connectivity index (χ3n) is 3.68. The van der Waals surface area contributed by atoms with Gasteiger partial charge in [0.1, 0.15) is 11.5 Å². The fraction of sp³-hybridized carbons (Fsp3) is 0.263. The standard InChI is InChI=1S/C19H20Cl2N2O5/c1-11(28-15-6-5-13(20)8-14(15)21)19(24)23-22-10-12-7-17(26-3)18(27-4)9-16(12)25-2/h5-11H,1-4H3,(H,23,24)/b22-10+. The van der Waals surface area contributed by atoms with Crippen LogP contribution in [0.3, 0.4) is 0 Å². The van der Waals surface area contributed by atoms with Crippen LogP contribution in [0.25, 0.3) is 0 Å². The normalized spacial score (nSPS) is 11.8. The van der Waals surface area contributed by atoms with Gasteiger partial charge in [0.25, 0.3) is 5.91 Å². The first kappa shape index (κ1) is 21.7. The Kier molecular flexibility index (Phi) is 7.78. The van der Waals surface area contributed by atoms with E-state index in [9.17, 15) is 4.79 Å². The Bertz CT molecular complexity index is 874. The second-order valence-corrected chi connectivity index (χ2v) is 6.36. The first-order chi connectivity index (χ1) is 13.4. The van der Waals surface area contributed by atoms with Crippen molar-refractivity contribution in [3.8, 4) is 23.0 Å². The molecule has 0 aliphatic heterocycles. The summed E-state index contributed by atoms with van der Waals surface area (Å²) in [6.45, 7) is 1.58. The number of rotatable bonds is 8. The molecule has 0 fully saturated rings. The second-order valence-electron chi connectivity index (χ2n) is 5.52. The Balaban J connectivity index is 2.06. The number of ether oxygens (including phenoxy) is 4. The van der Waals surface area contributed by atoms with Crippen LogP contribution in [0.1, 0.15) is 12.5 Å². The number of methoxy groups -OCH3 is 3. The second kappa shape index (κ2) is 10.1. The summed E-state index contributed by atoms with van der Waals surface area (Å²) in [6, 6.07) is 8.09. The van der Waals surface area contributed by atoms with Crippen LogP contribution in [-0.4, -0.2) is 39.6 Å². The minimum Gasteiger partial charge on any atom is -0.496 e. The van der Waals surface area contributed by atoms with E-state index in [1.807, 2.05) is 0 Å². The summed E-state index contributed by atoms with van der Waals surface area (Å²) in [5.74, 6) is 1.42. The molecule has 2 aromatic rings. The van der Waals surface area contributed by atoms with Gasteiger partial charge in [-0.15, -0.1) is 0 Å². The molecule has 7 nitrogen and oxygen atoms in total. The number of nitrogens with zero attached hydrogens (tertiary/aromatic N) is 1. The number of nitrogens with one attached hydrogen (secondary N) is 1. The zero-order valence-electron chi connectivity index (χ0n) is 15.8. The number of amides is 1. The van der Waals surface area contributed by atoms with Crippen LogP contribution >= 0.6 is 23.2 Å². The number of carbonyl (C=O) groups is 1. The number of hydrogen-bond acceptors (Lipinski definition) is 6. The molecule has 0 aliphatic carbocycles. The van der Waals surface area contributed by atoms with Crippen LogP contribution in [0.5, 0.6) is 23.0 Å². The molecule has 1 N–H and O–H groups in total. The molecule has 1 amide bonds. The third-order valence-corrected chi connectivity index (χ3v) is 4.21. The molecule has 0 aromatic heterocycles. The van der Waals surface area contributed by atoms with Crippen LogP contribution in [-0.2, 0) is 4.79 Å². The van der Waals surface area contributed by atoms with Gasteiger partial charge in [-0.3, -0.25) is 4.79 Å². The van der Waals surface area contributed by atoms with Crippen molar-refractivity contribution in [2.45, 2.75) is 13.0 Å². The van der Waals surface area contributed by atoms with Crippen molar-refractivity contribution in [2.24, 2.45) is 5.10 Å². The Morgan fingerprint density at radius 1 is 1.00 bits per heavy atom. The third kappa shape index (κ3) is 5.43. The van der Waals surface area contributed by atoms with Gasteiger partial charge in [0.15, 0.2) is 17.6 Å². The highest BCUT2D eigenvalue weighted by atomic mass is 35.5. The van der Waals surface area contributed by atoms with E-state index in [1.165, 1.54) is 33.6 Å².